The van der Waals surface area contributed by atoms with Crippen molar-refractivity contribution in [2.45, 2.75) is 44.6 Å². The molecule has 26 heavy (non-hydrogen) atoms. The lowest BCUT2D eigenvalue weighted by Gasteiger charge is -2.30. The van der Waals surface area contributed by atoms with Crippen molar-refractivity contribution in [3.8, 4) is 0 Å². The molecule has 0 radical (unpaired) electrons. The van der Waals surface area contributed by atoms with Gasteiger partial charge in [0.25, 0.3) is 10.2 Å². The molecule has 1 aromatic carbocycles. The molecule has 0 bridgehead atoms. The minimum absolute atomic E-state index is 0.00470. The molecule has 0 aromatic heterocycles. The molecule has 0 heterocycles. The summed E-state index contributed by atoms with van der Waals surface area (Å²) >= 11 is 0. The van der Waals surface area contributed by atoms with Crippen molar-refractivity contribution in [1.29, 1.82) is 0 Å². The van der Waals surface area contributed by atoms with Gasteiger partial charge in [-0.3, -0.25) is 4.79 Å². The largest absolute Gasteiger partial charge is 0.469 e. The first-order valence-corrected chi connectivity index (χ1v) is 10.3. The molecule has 0 amide bonds. The highest BCUT2D eigenvalue weighted by molar-refractivity contribution is 7.87. The van der Waals surface area contributed by atoms with E-state index in [1.807, 2.05) is 0 Å². The van der Waals surface area contributed by atoms with E-state index in [2.05, 4.69) is 4.72 Å². The van der Waals surface area contributed by atoms with Crippen LogP contribution in [0.5, 0.6) is 0 Å². The van der Waals surface area contributed by atoms with E-state index in [1.165, 1.54) is 23.5 Å². The third-order valence-corrected chi connectivity index (χ3v) is 6.50. The summed E-state index contributed by atoms with van der Waals surface area (Å²) in [5.74, 6) is -1.55. The van der Waals surface area contributed by atoms with Crippen LogP contribution in [0.25, 0.3) is 0 Å². The summed E-state index contributed by atoms with van der Waals surface area (Å²) < 4.78 is 46.8. The van der Waals surface area contributed by atoms with Gasteiger partial charge in [-0.25, -0.2) is 9.11 Å². The Labute approximate surface area is 154 Å². The highest BCUT2D eigenvalue weighted by Crippen LogP contribution is 2.23. The van der Waals surface area contributed by atoms with Crippen LogP contribution in [0.4, 0.5) is 4.39 Å². The number of hydrogen-bond donors (Lipinski definition) is 1. The number of methoxy groups -OCH3 is 1. The standard InChI is InChI=1S/C18H27FN2O4S/c1-21(17-6-4-3-5-7-17)26(23,24)20-13-15(18(22)25-2)12-14-8-10-16(19)11-9-14/h8-11,15,17,20H,3-7,12-13H2,1-2H3/t15-/m0/s1. The Morgan fingerprint density at radius 2 is 1.88 bits per heavy atom. The Kier molecular flexibility index (Phi) is 7.55. The molecule has 1 fully saturated rings. The van der Waals surface area contributed by atoms with Crippen LogP contribution in [-0.4, -0.2) is 45.4 Å². The summed E-state index contributed by atoms with van der Waals surface area (Å²) in [4.78, 5) is 12.0. The number of ether oxygens (including phenoxy) is 1. The molecule has 146 valence electrons. The lowest BCUT2D eigenvalue weighted by molar-refractivity contribution is -0.145. The van der Waals surface area contributed by atoms with Crippen LogP contribution in [0.2, 0.25) is 0 Å². The lowest BCUT2D eigenvalue weighted by atomic mass is 9.96. The number of carbonyl (C=O) groups excluding carboxylic acids is 1. The van der Waals surface area contributed by atoms with E-state index in [-0.39, 0.29) is 24.8 Å². The van der Waals surface area contributed by atoms with E-state index in [0.717, 1.165) is 37.7 Å². The maximum atomic E-state index is 13.0. The van der Waals surface area contributed by atoms with Crippen LogP contribution in [0.3, 0.4) is 0 Å². The topological polar surface area (TPSA) is 75.7 Å². The molecule has 6 nitrogen and oxygen atoms in total. The molecule has 1 N–H and O–H groups in total. The highest BCUT2D eigenvalue weighted by atomic mass is 32.2. The summed E-state index contributed by atoms with van der Waals surface area (Å²) in [6, 6.07) is 5.77. The predicted octanol–water partition coefficient (Wildman–Crippen LogP) is 2.26. The minimum Gasteiger partial charge on any atom is -0.469 e. The third-order valence-electron chi connectivity index (χ3n) is 4.91. The quantitative estimate of drug-likeness (QED) is 0.696. The zero-order chi connectivity index (χ0) is 19.2. The van der Waals surface area contributed by atoms with E-state index in [9.17, 15) is 17.6 Å². The summed E-state index contributed by atoms with van der Waals surface area (Å²) in [6.45, 7) is -0.0660. The van der Waals surface area contributed by atoms with E-state index < -0.39 is 22.1 Å². The van der Waals surface area contributed by atoms with Crippen molar-refractivity contribution in [2.75, 3.05) is 20.7 Å². The van der Waals surface area contributed by atoms with Crippen LogP contribution in [0.1, 0.15) is 37.7 Å². The van der Waals surface area contributed by atoms with Gasteiger partial charge in [-0.05, 0) is 37.0 Å². The van der Waals surface area contributed by atoms with Gasteiger partial charge in [0, 0.05) is 19.6 Å². The summed E-state index contributed by atoms with van der Waals surface area (Å²) in [5, 5.41) is 0. The van der Waals surface area contributed by atoms with Crippen LogP contribution >= 0.6 is 0 Å². The van der Waals surface area contributed by atoms with Gasteiger partial charge in [-0.15, -0.1) is 0 Å². The van der Waals surface area contributed by atoms with Crippen molar-refractivity contribution in [1.82, 2.24) is 9.03 Å². The molecule has 8 heteroatoms. The first-order chi connectivity index (χ1) is 12.3. The second-order valence-corrected chi connectivity index (χ2v) is 8.53. The van der Waals surface area contributed by atoms with Gasteiger partial charge in [0.1, 0.15) is 5.82 Å². The Morgan fingerprint density at radius 1 is 1.27 bits per heavy atom. The highest BCUT2D eigenvalue weighted by Gasteiger charge is 2.29. The molecule has 1 aliphatic carbocycles. The fourth-order valence-corrected chi connectivity index (χ4v) is 4.48. The van der Waals surface area contributed by atoms with E-state index in [4.69, 9.17) is 4.74 Å². The van der Waals surface area contributed by atoms with Crippen molar-refractivity contribution >= 4 is 16.2 Å². The monoisotopic (exact) mass is 386 g/mol. The van der Waals surface area contributed by atoms with E-state index in [1.54, 1.807) is 19.2 Å². The van der Waals surface area contributed by atoms with Crippen LogP contribution in [0, 0.1) is 11.7 Å². The number of rotatable bonds is 8. The SMILES string of the molecule is COC(=O)[C@H](CNS(=O)(=O)N(C)C1CCCCC1)Cc1ccc(F)cc1. The Balaban J connectivity index is 2.00. The number of esters is 1. The molecule has 0 unspecified atom stereocenters. The van der Waals surface area contributed by atoms with Crippen molar-refractivity contribution in [3.05, 3.63) is 35.6 Å². The number of hydrogen-bond acceptors (Lipinski definition) is 4. The number of benzene rings is 1. The van der Waals surface area contributed by atoms with Crippen LogP contribution in [0.15, 0.2) is 24.3 Å². The van der Waals surface area contributed by atoms with Gasteiger partial charge in [0.15, 0.2) is 0 Å². The van der Waals surface area contributed by atoms with Gasteiger partial charge >= 0.3 is 5.97 Å². The van der Waals surface area contributed by atoms with Gasteiger partial charge in [0.2, 0.25) is 0 Å². The third kappa shape index (κ3) is 5.75. The maximum Gasteiger partial charge on any atom is 0.310 e. The first-order valence-electron chi connectivity index (χ1n) is 8.88. The van der Waals surface area contributed by atoms with Crippen molar-refractivity contribution < 1.29 is 22.3 Å². The van der Waals surface area contributed by atoms with Crippen molar-refractivity contribution in [3.63, 3.8) is 0 Å². The summed E-state index contributed by atoms with van der Waals surface area (Å²) in [6.07, 6.45) is 5.17. The molecule has 0 aliphatic heterocycles. The molecule has 1 aromatic rings. The summed E-state index contributed by atoms with van der Waals surface area (Å²) in [7, 11) is -0.839. The average Bonchev–Trinajstić information content (AvgIpc) is 2.66. The van der Waals surface area contributed by atoms with Crippen LogP contribution in [-0.2, 0) is 26.2 Å². The molecular formula is C18H27FN2O4S. The van der Waals surface area contributed by atoms with E-state index >= 15 is 0 Å². The van der Waals surface area contributed by atoms with Gasteiger partial charge in [-0.2, -0.15) is 12.7 Å². The number of nitrogens with one attached hydrogen (secondary N) is 1. The number of carbonyl (C=O) groups is 1. The molecule has 1 saturated carbocycles. The van der Waals surface area contributed by atoms with Gasteiger partial charge < -0.3 is 4.74 Å². The zero-order valence-electron chi connectivity index (χ0n) is 15.3. The smallest absolute Gasteiger partial charge is 0.310 e. The second kappa shape index (κ2) is 9.43. The minimum atomic E-state index is -3.68. The van der Waals surface area contributed by atoms with Gasteiger partial charge in [-0.1, -0.05) is 31.4 Å². The van der Waals surface area contributed by atoms with E-state index in [0.29, 0.717) is 0 Å². The summed E-state index contributed by atoms with van der Waals surface area (Å²) in [5.41, 5.74) is 0.738. The maximum absolute atomic E-state index is 13.0. The normalized spacial score (nSPS) is 17.2. The lowest BCUT2D eigenvalue weighted by Crippen LogP contribution is -2.47. The Morgan fingerprint density at radius 3 is 2.46 bits per heavy atom. The fraction of sp³-hybridized carbons (Fsp3) is 0.611. The first kappa shape index (κ1) is 20.8. The molecule has 2 rings (SSSR count). The molecule has 0 spiro atoms. The van der Waals surface area contributed by atoms with Crippen LogP contribution < -0.4 is 4.72 Å². The predicted molar refractivity (Wildman–Crippen MR) is 97.2 cm³/mol. The Bertz CT molecular complexity index is 688. The van der Waals surface area contributed by atoms with Crippen molar-refractivity contribution in [2.24, 2.45) is 5.92 Å². The van der Waals surface area contributed by atoms with Gasteiger partial charge in [0.05, 0.1) is 13.0 Å². The molecule has 1 aliphatic rings. The zero-order valence-corrected chi connectivity index (χ0v) is 16.1. The Hall–Kier alpha value is -1.51. The second-order valence-electron chi connectivity index (χ2n) is 6.71. The molecular weight excluding hydrogens is 359 g/mol. The number of nitrogens with zero attached hydrogens (tertiary/aromatic N) is 1. The number of halogens is 1. The molecule has 1 atom stereocenters. The fourth-order valence-electron chi connectivity index (χ4n) is 3.26. The average molecular weight is 386 g/mol. The molecule has 0 saturated heterocycles.